The van der Waals surface area contributed by atoms with Gasteiger partial charge in [-0.1, -0.05) is 22.9 Å². The van der Waals surface area contributed by atoms with Gasteiger partial charge in [0.1, 0.15) is 0 Å². The van der Waals surface area contributed by atoms with Crippen LogP contribution in [0.2, 0.25) is 0 Å². The van der Waals surface area contributed by atoms with E-state index in [1.54, 1.807) is 11.3 Å². The molecule has 0 aromatic carbocycles. The minimum Gasteiger partial charge on any atom is -0.419 e. The second-order valence-corrected chi connectivity index (χ2v) is 6.86. The van der Waals surface area contributed by atoms with Crippen LogP contribution in [0.15, 0.2) is 14.3 Å². The molecule has 1 atom stereocenters. The van der Waals surface area contributed by atoms with Crippen LogP contribution in [0.3, 0.4) is 0 Å². The smallest absolute Gasteiger partial charge is 0.257 e. The number of rotatable bonds is 3. The Bertz CT molecular complexity index is 475. The number of hydrogen-bond acceptors (Lipinski definition) is 4. The fourth-order valence-electron chi connectivity index (χ4n) is 1.20. The summed E-state index contributed by atoms with van der Waals surface area (Å²) in [5.41, 5.74) is 1.19. The quantitative estimate of drug-likeness (QED) is 0.739. The van der Waals surface area contributed by atoms with E-state index in [0.717, 1.165) is 15.1 Å². The summed E-state index contributed by atoms with van der Waals surface area (Å²) in [7, 11) is 0. The molecule has 2 rings (SSSR count). The van der Waals surface area contributed by atoms with Crippen LogP contribution in [0.25, 0.3) is 10.8 Å². The Morgan fingerprint density at radius 3 is 2.81 bits per heavy atom. The lowest BCUT2D eigenvalue weighted by molar-refractivity contribution is 0.501. The molecular weight excluding hydrogens is 356 g/mol. The van der Waals surface area contributed by atoms with Crippen molar-refractivity contribution in [1.82, 2.24) is 10.2 Å². The van der Waals surface area contributed by atoms with Crippen LogP contribution in [0.5, 0.6) is 0 Å². The Morgan fingerprint density at radius 2 is 2.25 bits per heavy atom. The monoisotopic (exact) mass is 364 g/mol. The standard InChI is InChI=1S/C10H10Br2N2OS/c1-3-6(11)9-13-14-10(15-9)7-4-5(2)8(12)16-7/h4,6H,3H2,1-2H3. The summed E-state index contributed by atoms with van der Waals surface area (Å²) in [6.07, 6.45) is 0.925. The molecule has 0 aliphatic heterocycles. The molecule has 0 spiro atoms. The normalized spacial score (nSPS) is 13.0. The second-order valence-electron chi connectivity index (χ2n) is 3.39. The highest BCUT2D eigenvalue weighted by atomic mass is 79.9. The predicted molar refractivity (Wildman–Crippen MR) is 72.0 cm³/mol. The number of nitrogens with zero attached hydrogens (tertiary/aromatic N) is 2. The van der Waals surface area contributed by atoms with Gasteiger partial charge in [-0.05, 0) is 40.9 Å². The lowest BCUT2D eigenvalue weighted by Gasteiger charge is -1.97. The minimum atomic E-state index is 0.137. The van der Waals surface area contributed by atoms with Gasteiger partial charge in [0.25, 0.3) is 5.89 Å². The summed E-state index contributed by atoms with van der Waals surface area (Å²) in [6.45, 7) is 4.11. The molecule has 6 heteroatoms. The van der Waals surface area contributed by atoms with Crippen LogP contribution in [0.1, 0.15) is 29.6 Å². The number of halogens is 2. The molecule has 0 radical (unpaired) electrons. The fraction of sp³-hybridized carbons (Fsp3) is 0.400. The van der Waals surface area contributed by atoms with Crippen molar-refractivity contribution in [3.63, 3.8) is 0 Å². The van der Waals surface area contributed by atoms with Gasteiger partial charge in [0.15, 0.2) is 0 Å². The first kappa shape index (κ1) is 12.3. The van der Waals surface area contributed by atoms with Gasteiger partial charge in [0.05, 0.1) is 13.5 Å². The highest BCUT2D eigenvalue weighted by molar-refractivity contribution is 9.11. The van der Waals surface area contributed by atoms with E-state index >= 15 is 0 Å². The van der Waals surface area contributed by atoms with Gasteiger partial charge in [0.2, 0.25) is 5.89 Å². The van der Waals surface area contributed by atoms with Crippen molar-refractivity contribution in [2.45, 2.75) is 25.1 Å². The zero-order valence-electron chi connectivity index (χ0n) is 8.83. The van der Waals surface area contributed by atoms with Crippen molar-refractivity contribution in [3.05, 3.63) is 21.3 Å². The number of aryl methyl sites for hydroxylation is 1. The first-order valence-corrected chi connectivity index (χ1v) is 7.38. The van der Waals surface area contributed by atoms with E-state index in [1.807, 2.05) is 13.0 Å². The molecule has 0 fully saturated rings. The van der Waals surface area contributed by atoms with Gasteiger partial charge in [-0.15, -0.1) is 21.5 Å². The van der Waals surface area contributed by atoms with E-state index in [4.69, 9.17) is 4.42 Å². The molecule has 0 bridgehead atoms. The van der Waals surface area contributed by atoms with Crippen molar-refractivity contribution < 1.29 is 4.42 Å². The van der Waals surface area contributed by atoms with Crippen molar-refractivity contribution in [3.8, 4) is 10.8 Å². The fourth-order valence-corrected chi connectivity index (χ4v) is 2.84. The maximum absolute atomic E-state index is 5.61. The third-order valence-electron chi connectivity index (χ3n) is 2.13. The number of hydrogen-bond donors (Lipinski definition) is 0. The van der Waals surface area contributed by atoms with Crippen LogP contribution >= 0.6 is 43.2 Å². The Kier molecular flexibility index (Phi) is 3.81. The SMILES string of the molecule is CCC(Br)c1nnc(-c2cc(C)c(Br)s2)o1. The van der Waals surface area contributed by atoms with E-state index in [2.05, 4.69) is 49.0 Å². The largest absolute Gasteiger partial charge is 0.419 e. The maximum Gasteiger partial charge on any atom is 0.257 e. The van der Waals surface area contributed by atoms with Crippen molar-refractivity contribution >= 4 is 43.2 Å². The molecule has 3 nitrogen and oxygen atoms in total. The van der Waals surface area contributed by atoms with Crippen molar-refractivity contribution in [2.75, 3.05) is 0 Å². The third-order valence-corrected chi connectivity index (χ3v) is 5.30. The van der Waals surface area contributed by atoms with Crippen LogP contribution in [-0.2, 0) is 0 Å². The molecule has 86 valence electrons. The van der Waals surface area contributed by atoms with Gasteiger partial charge in [-0.2, -0.15) is 0 Å². The minimum absolute atomic E-state index is 0.137. The number of thiophene rings is 1. The van der Waals surface area contributed by atoms with E-state index in [1.165, 1.54) is 5.56 Å². The van der Waals surface area contributed by atoms with Crippen molar-refractivity contribution in [1.29, 1.82) is 0 Å². The highest BCUT2D eigenvalue weighted by Crippen LogP contribution is 2.35. The Labute approximate surface area is 115 Å². The molecule has 0 N–H and O–H groups in total. The molecule has 0 aliphatic carbocycles. The molecule has 2 heterocycles. The first-order chi connectivity index (χ1) is 7.61. The molecule has 2 aromatic heterocycles. The molecule has 2 aromatic rings. The van der Waals surface area contributed by atoms with Gasteiger partial charge >= 0.3 is 0 Å². The molecule has 0 saturated carbocycles. The number of aromatic nitrogens is 2. The van der Waals surface area contributed by atoms with Crippen LogP contribution in [-0.4, -0.2) is 10.2 Å². The first-order valence-electron chi connectivity index (χ1n) is 4.85. The van der Waals surface area contributed by atoms with Gasteiger partial charge in [-0.25, -0.2) is 0 Å². The molecule has 0 aliphatic rings. The summed E-state index contributed by atoms with van der Waals surface area (Å²) in [6, 6.07) is 2.04. The second kappa shape index (κ2) is 4.98. The Balaban J connectivity index is 2.31. The van der Waals surface area contributed by atoms with Crippen molar-refractivity contribution in [2.24, 2.45) is 0 Å². The average molecular weight is 366 g/mol. The molecule has 0 amide bonds. The molecule has 0 saturated heterocycles. The van der Waals surface area contributed by atoms with Crippen LogP contribution in [0, 0.1) is 6.92 Å². The predicted octanol–water partition coefficient (Wildman–Crippen LogP) is 4.72. The van der Waals surface area contributed by atoms with E-state index in [-0.39, 0.29) is 4.83 Å². The molecule has 1 unspecified atom stereocenters. The van der Waals surface area contributed by atoms with Gasteiger partial charge < -0.3 is 4.42 Å². The van der Waals surface area contributed by atoms with Gasteiger partial charge in [-0.3, -0.25) is 0 Å². The van der Waals surface area contributed by atoms with Crippen LogP contribution < -0.4 is 0 Å². The highest BCUT2D eigenvalue weighted by Gasteiger charge is 2.16. The Hall–Kier alpha value is -0.200. The summed E-state index contributed by atoms with van der Waals surface area (Å²) >= 11 is 8.58. The zero-order valence-corrected chi connectivity index (χ0v) is 12.8. The maximum atomic E-state index is 5.61. The summed E-state index contributed by atoms with van der Waals surface area (Å²) in [5, 5.41) is 8.08. The van der Waals surface area contributed by atoms with Gasteiger partial charge in [0, 0.05) is 0 Å². The lowest BCUT2D eigenvalue weighted by Crippen LogP contribution is -1.86. The lowest BCUT2D eigenvalue weighted by atomic mass is 10.3. The van der Waals surface area contributed by atoms with E-state index < -0.39 is 0 Å². The molecular formula is C10H10Br2N2OS. The Morgan fingerprint density at radius 1 is 1.50 bits per heavy atom. The zero-order chi connectivity index (χ0) is 11.7. The summed E-state index contributed by atoms with van der Waals surface area (Å²) in [5.74, 6) is 1.23. The average Bonchev–Trinajstić information content (AvgIpc) is 2.86. The topological polar surface area (TPSA) is 38.9 Å². The van der Waals surface area contributed by atoms with Crippen LogP contribution in [0.4, 0.5) is 0 Å². The number of alkyl halides is 1. The van der Waals surface area contributed by atoms with E-state index in [9.17, 15) is 0 Å². The molecule has 16 heavy (non-hydrogen) atoms. The summed E-state index contributed by atoms with van der Waals surface area (Å²) in [4.78, 5) is 1.14. The summed E-state index contributed by atoms with van der Waals surface area (Å²) < 4.78 is 6.72. The van der Waals surface area contributed by atoms with E-state index in [0.29, 0.717) is 11.8 Å². The third kappa shape index (κ3) is 2.38.